The normalized spacial score (nSPS) is 11.9. The van der Waals surface area contributed by atoms with Gasteiger partial charge in [-0.1, -0.05) is 12.1 Å². The molecule has 10 nitrogen and oxygen atoms in total. The highest BCUT2D eigenvalue weighted by molar-refractivity contribution is 5.82. The van der Waals surface area contributed by atoms with Crippen LogP contribution in [0.2, 0.25) is 0 Å². The minimum atomic E-state index is -1.34. The smallest absolute Gasteiger partial charge is 0.426 e. The average molecular weight is 417 g/mol. The Morgan fingerprint density at radius 2 is 1.67 bits per heavy atom. The van der Waals surface area contributed by atoms with Crippen molar-refractivity contribution in [3.8, 4) is 5.75 Å². The van der Waals surface area contributed by atoms with Crippen LogP contribution in [-0.2, 0) is 9.53 Å². The molecule has 1 amide bonds. The molecular formula is C20H23N3O7. The maximum Gasteiger partial charge on any atom is 0.426 e. The van der Waals surface area contributed by atoms with Gasteiger partial charge in [-0.25, -0.2) is 15.0 Å². The molecule has 1 atom stereocenters. The molecule has 0 spiro atoms. The van der Waals surface area contributed by atoms with Gasteiger partial charge >= 0.3 is 12.1 Å². The van der Waals surface area contributed by atoms with Crippen molar-refractivity contribution >= 4 is 23.4 Å². The van der Waals surface area contributed by atoms with E-state index in [1.54, 1.807) is 45.0 Å². The van der Waals surface area contributed by atoms with Crippen molar-refractivity contribution in [3.63, 3.8) is 0 Å². The van der Waals surface area contributed by atoms with Gasteiger partial charge in [0.25, 0.3) is 5.69 Å². The number of carbonyl (C=O) groups is 2. The molecular weight excluding hydrogens is 394 g/mol. The fourth-order valence-electron chi connectivity index (χ4n) is 2.60. The molecule has 0 aliphatic heterocycles. The molecule has 2 aromatic rings. The Hall–Kier alpha value is -3.82. The van der Waals surface area contributed by atoms with E-state index in [0.29, 0.717) is 11.3 Å². The Kier molecular flexibility index (Phi) is 6.83. The number of anilines is 1. The van der Waals surface area contributed by atoms with Crippen LogP contribution in [0.1, 0.15) is 32.4 Å². The van der Waals surface area contributed by atoms with Gasteiger partial charge in [0, 0.05) is 12.1 Å². The molecule has 0 saturated carbocycles. The SMILES string of the molecule is COc1ccc(C(C(=O)O)N(NC(=O)OC(C)(C)C)c2ccc([N+](=O)[O-])cc2)cc1. The highest BCUT2D eigenvalue weighted by Crippen LogP contribution is 2.29. The molecule has 0 aliphatic carbocycles. The van der Waals surface area contributed by atoms with Crippen LogP contribution in [-0.4, -0.2) is 34.8 Å². The summed E-state index contributed by atoms with van der Waals surface area (Å²) < 4.78 is 10.3. The van der Waals surface area contributed by atoms with E-state index in [0.717, 1.165) is 5.01 Å². The number of amides is 1. The van der Waals surface area contributed by atoms with Gasteiger partial charge in [-0.15, -0.1) is 0 Å². The second kappa shape index (κ2) is 9.12. The second-order valence-electron chi connectivity index (χ2n) is 7.27. The lowest BCUT2D eigenvalue weighted by Crippen LogP contribution is -2.49. The second-order valence-corrected chi connectivity index (χ2v) is 7.27. The van der Waals surface area contributed by atoms with Crippen molar-refractivity contribution in [2.24, 2.45) is 0 Å². The Labute approximate surface area is 173 Å². The lowest BCUT2D eigenvalue weighted by atomic mass is 10.1. The summed E-state index contributed by atoms with van der Waals surface area (Å²) in [4.78, 5) is 34.9. The van der Waals surface area contributed by atoms with Crippen LogP contribution >= 0.6 is 0 Å². The minimum absolute atomic E-state index is 0.174. The molecule has 0 aromatic heterocycles. The maximum atomic E-state index is 12.4. The van der Waals surface area contributed by atoms with E-state index >= 15 is 0 Å². The first-order valence-electron chi connectivity index (χ1n) is 8.92. The third-order valence-corrected chi connectivity index (χ3v) is 3.87. The molecule has 0 heterocycles. The molecule has 1 unspecified atom stereocenters. The van der Waals surface area contributed by atoms with E-state index in [1.807, 2.05) is 0 Å². The van der Waals surface area contributed by atoms with E-state index < -0.39 is 28.6 Å². The van der Waals surface area contributed by atoms with E-state index in [9.17, 15) is 24.8 Å². The fourth-order valence-corrected chi connectivity index (χ4v) is 2.60. The molecule has 0 bridgehead atoms. The van der Waals surface area contributed by atoms with Crippen LogP contribution in [0.5, 0.6) is 5.75 Å². The van der Waals surface area contributed by atoms with Crippen LogP contribution < -0.4 is 15.2 Å². The van der Waals surface area contributed by atoms with Crippen molar-refractivity contribution in [1.82, 2.24) is 5.43 Å². The number of nitrogens with zero attached hydrogens (tertiary/aromatic N) is 2. The van der Waals surface area contributed by atoms with Crippen LogP contribution in [0.25, 0.3) is 0 Å². The van der Waals surface area contributed by atoms with Crippen molar-refractivity contribution in [3.05, 3.63) is 64.2 Å². The summed E-state index contributed by atoms with van der Waals surface area (Å²) >= 11 is 0. The number of hydrazine groups is 1. The van der Waals surface area contributed by atoms with Gasteiger partial charge in [-0.05, 0) is 50.6 Å². The van der Waals surface area contributed by atoms with Gasteiger partial charge in [0.1, 0.15) is 11.4 Å². The van der Waals surface area contributed by atoms with Crippen LogP contribution in [0.15, 0.2) is 48.5 Å². The van der Waals surface area contributed by atoms with Crippen molar-refractivity contribution in [2.45, 2.75) is 32.4 Å². The van der Waals surface area contributed by atoms with Crippen LogP contribution in [0.3, 0.4) is 0 Å². The molecule has 160 valence electrons. The Balaban J connectivity index is 2.48. The van der Waals surface area contributed by atoms with Gasteiger partial charge in [0.15, 0.2) is 6.04 Å². The largest absolute Gasteiger partial charge is 0.497 e. The first-order valence-corrected chi connectivity index (χ1v) is 8.92. The van der Waals surface area contributed by atoms with Gasteiger partial charge in [-0.2, -0.15) is 0 Å². The molecule has 2 rings (SSSR count). The number of nitro benzene ring substituents is 1. The number of rotatable bonds is 7. The fraction of sp³-hybridized carbons (Fsp3) is 0.300. The van der Waals surface area contributed by atoms with E-state index in [4.69, 9.17) is 9.47 Å². The number of carbonyl (C=O) groups excluding carboxylic acids is 1. The number of carboxylic acids is 1. The lowest BCUT2D eigenvalue weighted by Gasteiger charge is -2.32. The average Bonchev–Trinajstić information content (AvgIpc) is 2.66. The summed E-state index contributed by atoms with van der Waals surface area (Å²) in [5.74, 6) is -0.723. The summed E-state index contributed by atoms with van der Waals surface area (Å²) in [6.07, 6.45) is -0.874. The van der Waals surface area contributed by atoms with Gasteiger partial charge in [-0.3, -0.25) is 15.1 Å². The highest BCUT2D eigenvalue weighted by Gasteiger charge is 2.31. The van der Waals surface area contributed by atoms with Crippen LogP contribution in [0, 0.1) is 10.1 Å². The molecule has 0 radical (unpaired) electrons. The Morgan fingerprint density at radius 1 is 1.10 bits per heavy atom. The molecule has 10 heteroatoms. The number of hydrogen-bond donors (Lipinski definition) is 2. The summed E-state index contributed by atoms with van der Waals surface area (Å²) in [6.45, 7) is 5.00. The number of hydrogen-bond acceptors (Lipinski definition) is 7. The molecule has 2 aromatic carbocycles. The molecule has 30 heavy (non-hydrogen) atoms. The molecule has 2 N–H and O–H groups in total. The Bertz CT molecular complexity index is 905. The van der Waals surface area contributed by atoms with Gasteiger partial charge < -0.3 is 14.6 Å². The van der Waals surface area contributed by atoms with E-state index in [-0.39, 0.29) is 11.4 Å². The third-order valence-electron chi connectivity index (χ3n) is 3.87. The number of nitrogens with one attached hydrogen (secondary N) is 1. The first kappa shape index (κ1) is 22.5. The standard InChI is InChI=1S/C20H23N3O7/c1-20(2,3)30-19(26)21-22(14-7-9-15(10-8-14)23(27)28)17(18(24)25)13-5-11-16(29-4)12-6-13/h5-12,17H,1-4H3,(H,21,26)(H,24,25). The minimum Gasteiger partial charge on any atom is -0.497 e. The number of non-ortho nitro benzene ring substituents is 1. The molecule has 0 saturated heterocycles. The number of carboxylic acid groups (broad SMARTS) is 1. The first-order chi connectivity index (χ1) is 14.0. The predicted molar refractivity (Wildman–Crippen MR) is 108 cm³/mol. The molecule has 0 aliphatic rings. The Morgan fingerprint density at radius 3 is 2.10 bits per heavy atom. The number of aliphatic carboxylic acids is 1. The van der Waals surface area contributed by atoms with E-state index in [1.165, 1.54) is 31.4 Å². The van der Waals surface area contributed by atoms with Gasteiger partial charge in [0.2, 0.25) is 0 Å². The summed E-state index contributed by atoms with van der Waals surface area (Å²) in [5.41, 5.74) is 2.01. The lowest BCUT2D eigenvalue weighted by molar-refractivity contribution is -0.384. The van der Waals surface area contributed by atoms with Gasteiger partial charge in [0.05, 0.1) is 17.7 Å². The zero-order chi connectivity index (χ0) is 22.5. The summed E-state index contributed by atoms with van der Waals surface area (Å²) in [5, 5.41) is 21.9. The zero-order valence-electron chi connectivity index (χ0n) is 17.0. The number of ether oxygens (including phenoxy) is 2. The van der Waals surface area contributed by atoms with E-state index in [2.05, 4.69) is 5.43 Å². The third kappa shape index (κ3) is 5.84. The zero-order valence-corrected chi connectivity index (χ0v) is 17.0. The monoisotopic (exact) mass is 417 g/mol. The van der Waals surface area contributed by atoms with Crippen molar-refractivity contribution in [2.75, 3.05) is 12.1 Å². The number of nitro groups is 1. The maximum absolute atomic E-state index is 12.4. The predicted octanol–water partition coefficient (Wildman–Crippen LogP) is 3.68. The van der Waals surface area contributed by atoms with Crippen molar-refractivity contribution < 1.29 is 29.1 Å². The summed E-state index contributed by atoms with van der Waals surface area (Å²) in [7, 11) is 1.48. The number of benzene rings is 2. The molecule has 0 fully saturated rings. The topological polar surface area (TPSA) is 131 Å². The highest BCUT2D eigenvalue weighted by atomic mass is 16.6. The summed E-state index contributed by atoms with van der Waals surface area (Å²) in [6, 6.07) is 10.0. The van der Waals surface area contributed by atoms with Crippen LogP contribution in [0.4, 0.5) is 16.2 Å². The van der Waals surface area contributed by atoms with Crippen molar-refractivity contribution in [1.29, 1.82) is 0 Å². The number of methoxy groups -OCH3 is 1. The quantitative estimate of drug-likeness (QED) is 0.515.